The van der Waals surface area contributed by atoms with E-state index in [1.165, 1.54) is 0 Å². The highest BCUT2D eigenvalue weighted by Gasteiger charge is 2.22. The molecule has 0 bridgehead atoms. The van der Waals surface area contributed by atoms with Crippen LogP contribution in [0.4, 0.5) is 11.4 Å². The summed E-state index contributed by atoms with van der Waals surface area (Å²) in [6.45, 7) is 10.4. The molecule has 1 aliphatic heterocycles. The number of H-pyrrole nitrogens is 1. The molecule has 0 spiro atoms. The molecule has 7 nitrogen and oxygen atoms in total. The van der Waals surface area contributed by atoms with Crippen LogP contribution in [0, 0.1) is 6.57 Å². The maximum atomic E-state index is 7.51. The maximum Gasteiger partial charge on any atom is 0.228 e. The van der Waals surface area contributed by atoms with Gasteiger partial charge < -0.3 is 14.6 Å². The number of hydrogen-bond donors (Lipinski definition) is 1. The van der Waals surface area contributed by atoms with Gasteiger partial charge in [0.05, 0.1) is 31.7 Å². The summed E-state index contributed by atoms with van der Waals surface area (Å²) in [6, 6.07) is 0. The lowest BCUT2D eigenvalue weighted by molar-refractivity contribution is 0.123. The van der Waals surface area contributed by atoms with Crippen LogP contribution in [-0.4, -0.2) is 46.1 Å². The van der Waals surface area contributed by atoms with Gasteiger partial charge in [0.1, 0.15) is 5.65 Å². The number of anilines is 1. The quantitative estimate of drug-likeness (QED) is 0.738. The largest absolute Gasteiger partial charge is 0.378 e. The van der Waals surface area contributed by atoms with Gasteiger partial charge in [-0.25, -0.2) is 9.83 Å². The Morgan fingerprint density at radius 2 is 2.13 bits per heavy atom. The number of nitrogens with one attached hydrogen (secondary N) is 1. The molecule has 4 rings (SSSR count). The van der Waals surface area contributed by atoms with E-state index in [1.807, 2.05) is 25.6 Å². The summed E-state index contributed by atoms with van der Waals surface area (Å²) in [6.07, 6.45) is 7.38. The average Bonchev–Trinajstić information content (AvgIpc) is 3.20. The molecular weight excluding hydrogens is 292 g/mol. The second kappa shape index (κ2) is 5.41. The summed E-state index contributed by atoms with van der Waals surface area (Å²) in [7, 11) is 1.89. The highest BCUT2D eigenvalue weighted by Crippen LogP contribution is 2.41. The summed E-state index contributed by atoms with van der Waals surface area (Å²) in [4.78, 5) is 13.5. The number of aryl methyl sites for hydroxylation is 1. The van der Waals surface area contributed by atoms with Crippen LogP contribution in [0.3, 0.4) is 0 Å². The molecule has 1 saturated heterocycles. The Morgan fingerprint density at radius 3 is 2.83 bits per heavy atom. The number of rotatable bonds is 2. The summed E-state index contributed by atoms with van der Waals surface area (Å²) in [5.41, 5.74) is 4.33. The molecule has 0 radical (unpaired) electrons. The van der Waals surface area contributed by atoms with Crippen molar-refractivity contribution < 1.29 is 4.74 Å². The first-order valence-electron chi connectivity index (χ1n) is 7.47. The zero-order valence-corrected chi connectivity index (χ0v) is 12.8. The minimum absolute atomic E-state index is 0.573. The van der Waals surface area contributed by atoms with Crippen molar-refractivity contribution in [3.8, 4) is 11.1 Å². The molecule has 0 atom stereocenters. The number of aromatic nitrogens is 4. The number of hydrogen-bond acceptors (Lipinski definition) is 4. The minimum atomic E-state index is 0.573. The number of pyridine rings is 1. The van der Waals surface area contributed by atoms with E-state index in [0.717, 1.165) is 40.9 Å². The maximum absolute atomic E-state index is 7.51. The molecular formula is C16H16N6O. The number of aromatic amines is 1. The van der Waals surface area contributed by atoms with Crippen LogP contribution in [-0.2, 0) is 11.8 Å². The van der Waals surface area contributed by atoms with E-state index in [1.54, 1.807) is 10.9 Å². The lowest BCUT2D eigenvalue weighted by Gasteiger charge is -2.30. The molecule has 3 aromatic heterocycles. The number of morpholine rings is 1. The van der Waals surface area contributed by atoms with Crippen LogP contribution >= 0.6 is 0 Å². The molecule has 1 N–H and O–H groups in total. The Morgan fingerprint density at radius 1 is 1.30 bits per heavy atom. The van der Waals surface area contributed by atoms with E-state index >= 15 is 0 Å². The third-order valence-corrected chi connectivity index (χ3v) is 4.12. The predicted octanol–water partition coefficient (Wildman–Crippen LogP) is 2.35. The van der Waals surface area contributed by atoms with Crippen LogP contribution in [0.25, 0.3) is 27.0 Å². The van der Waals surface area contributed by atoms with E-state index in [4.69, 9.17) is 11.3 Å². The minimum Gasteiger partial charge on any atom is -0.378 e. The smallest absolute Gasteiger partial charge is 0.228 e. The van der Waals surface area contributed by atoms with Gasteiger partial charge >= 0.3 is 0 Å². The van der Waals surface area contributed by atoms with E-state index in [9.17, 15) is 0 Å². The molecule has 0 aliphatic carbocycles. The molecule has 0 aromatic carbocycles. The van der Waals surface area contributed by atoms with Crippen molar-refractivity contribution >= 4 is 22.4 Å². The molecule has 7 heteroatoms. The Balaban J connectivity index is 1.97. The molecule has 1 fully saturated rings. The van der Waals surface area contributed by atoms with Gasteiger partial charge in [-0.05, 0) is 0 Å². The molecule has 3 aromatic rings. The summed E-state index contributed by atoms with van der Waals surface area (Å²) in [5, 5.41) is 5.23. The fourth-order valence-electron chi connectivity index (χ4n) is 3.05. The van der Waals surface area contributed by atoms with E-state index in [-0.39, 0.29) is 0 Å². The molecule has 1 aliphatic rings. The lowest BCUT2D eigenvalue weighted by Crippen LogP contribution is -2.36. The van der Waals surface area contributed by atoms with Crippen LogP contribution in [0.1, 0.15) is 0 Å². The second-order valence-electron chi connectivity index (χ2n) is 5.53. The molecule has 4 heterocycles. The molecule has 0 amide bonds. The first-order valence-corrected chi connectivity index (χ1v) is 7.47. The first-order chi connectivity index (χ1) is 11.3. The fraction of sp³-hybridized carbons (Fsp3) is 0.312. The molecule has 23 heavy (non-hydrogen) atoms. The van der Waals surface area contributed by atoms with Gasteiger partial charge in [-0.1, -0.05) is 0 Å². The summed E-state index contributed by atoms with van der Waals surface area (Å²) < 4.78 is 7.22. The summed E-state index contributed by atoms with van der Waals surface area (Å²) >= 11 is 0. The third-order valence-electron chi connectivity index (χ3n) is 4.12. The van der Waals surface area contributed by atoms with Gasteiger partial charge in [0.25, 0.3) is 0 Å². The van der Waals surface area contributed by atoms with Crippen molar-refractivity contribution in [2.45, 2.75) is 0 Å². The van der Waals surface area contributed by atoms with E-state index in [2.05, 4.69) is 24.8 Å². The average molecular weight is 308 g/mol. The van der Waals surface area contributed by atoms with E-state index in [0.29, 0.717) is 18.9 Å². The van der Waals surface area contributed by atoms with Crippen LogP contribution < -0.4 is 4.90 Å². The van der Waals surface area contributed by atoms with Crippen molar-refractivity contribution in [1.82, 2.24) is 19.7 Å². The van der Waals surface area contributed by atoms with Crippen molar-refractivity contribution in [3.63, 3.8) is 0 Å². The topological polar surface area (TPSA) is 63.3 Å². The number of fused-ring (bicyclic) bond motifs is 1. The molecule has 0 unspecified atom stereocenters. The zero-order chi connectivity index (χ0) is 15.8. The second-order valence-corrected chi connectivity index (χ2v) is 5.53. The number of nitrogens with zero attached hydrogens (tertiary/aromatic N) is 5. The predicted molar refractivity (Wildman–Crippen MR) is 87.6 cm³/mol. The van der Waals surface area contributed by atoms with Crippen molar-refractivity contribution in [2.24, 2.45) is 7.05 Å². The van der Waals surface area contributed by atoms with Gasteiger partial charge in [0, 0.05) is 55.2 Å². The van der Waals surface area contributed by atoms with Crippen molar-refractivity contribution in [1.29, 1.82) is 0 Å². The van der Waals surface area contributed by atoms with Crippen molar-refractivity contribution in [2.75, 3.05) is 31.2 Å². The highest BCUT2D eigenvalue weighted by atomic mass is 16.5. The Labute approximate surface area is 133 Å². The standard InChI is InChI=1S/C16H16N6O/c1-17-13-9-19-16-14(15(13)22-3-5-23-6-4-22)12(8-18-16)11-7-20-21(2)10-11/h7-10H,3-6H2,2H3,(H,18,19). The van der Waals surface area contributed by atoms with Gasteiger partial charge in [0.15, 0.2) is 0 Å². The molecule has 0 saturated carbocycles. The fourth-order valence-corrected chi connectivity index (χ4v) is 3.05. The lowest BCUT2D eigenvalue weighted by atomic mass is 10.1. The van der Waals surface area contributed by atoms with Gasteiger partial charge in [0.2, 0.25) is 5.69 Å². The highest BCUT2D eigenvalue weighted by molar-refractivity contribution is 6.06. The van der Waals surface area contributed by atoms with E-state index < -0.39 is 0 Å². The van der Waals surface area contributed by atoms with Gasteiger partial charge in [-0.15, -0.1) is 0 Å². The Bertz CT molecular complexity index is 897. The van der Waals surface area contributed by atoms with Crippen LogP contribution in [0.5, 0.6) is 0 Å². The monoisotopic (exact) mass is 308 g/mol. The van der Waals surface area contributed by atoms with Gasteiger partial charge in [-0.2, -0.15) is 5.10 Å². The number of ether oxygens (including phenoxy) is 1. The SMILES string of the molecule is [C-]#[N+]c1cnc2[nH]cc(-c3cnn(C)c3)c2c1N1CCOCC1. The Hall–Kier alpha value is -2.85. The zero-order valence-electron chi connectivity index (χ0n) is 12.8. The first kappa shape index (κ1) is 13.8. The molecule has 116 valence electrons. The Kier molecular flexibility index (Phi) is 3.24. The summed E-state index contributed by atoms with van der Waals surface area (Å²) in [5.74, 6) is 0. The van der Waals surface area contributed by atoms with Crippen LogP contribution in [0.2, 0.25) is 0 Å². The van der Waals surface area contributed by atoms with Crippen molar-refractivity contribution in [3.05, 3.63) is 36.2 Å². The third kappa shape index (κ3) is 2.24. The van der Waals surface area contributed by atoms with Gasteiger partial charge in [-0.3, -0.25) is 4.68 Å². The normalized spacial score (nSPS) is 15.0. The van der Waals surface area contributed by atoms with Crippen LogP contribution in [0.15, 0.2) is 24.8 Å².